The van der Waals surface area contributed by atoms with Crippen molar-refractivity contribution in [3.05, 3.63) is 48.5 Å². The Morgan fingerprint density at radius 3 is 2.62 bits per heavy atom. The normalized spacial score (nSPS) is 26.8. The predicted molar refractivity (Wildman–Crippen MR) is 108 cm³/mol. The van der Waals surface area contributed by atoms with Gasteiger partial charge in [0.05, 0.1) is 25.1 Å². The largest absolute Gasteiger partial charge is 0.488 e. The van der Waals surface area contributed by atoms with E-state index < -0.39 is 6.10 Å². The van der Waals surface area contributed by atoms with Crippen LogP contribution in [0, 0.1) is 11.8 Å². The number of nitrogens with zero attached hydrogens (tertiary/aromatic N) is 3. The highest BCUT2D eigenvalue weighted by atomic mass is 16.5. The maximum Gasteiger partial charge on any atom is 0.337 e. The lowest BCUT2D eigenvalue weighted by Gasteiger charge is -2.35. The van der Waals surface area contributed by atoms with Crippen molar-refractivity contribution in [2.24, 2.45) is 11.8 Å². The molecule has 0 unspecified atom stereocenters. The second-order valence-electron chi connectivity index (χ2n) is 8.14. The number of benzene rings is 1. The van der Waals surface area contributed by atoms with Gasteiger partial charge in [-0.2, -0.15) is 0 Å². The molecule has 0 bridgehead atoms. The molecule has 0 amide bonds. The number of ether oxygens (including phenoxy) is 2. The molecular weight excluding hydrogens is 370 g/mol. The molecule has 1 aromatic carbocycles. The number of methoxy groups -OCH3 is 1. The fourth-order valence-electron chi connectivity index (χ4n) is 4.65. The zero-order chi connectivity index (χ0) is 20.2. The first kappa shape index (κ1) is 19.9. The Morgan fingerprint density at radius 2 is 1.93 bits per heavy atom. The van der Waals surface area contributed by atoms with E-state index in [0.29, 0.717) is 23.1 Å². The molecule has 1 saturated carbocycles. The molecule has 4 rings (SSSR count). The van der Waals surface area contributed by atoms with Crippen LogP contribution in [-0.2, 0) is 11.3 Å². The summed E-state index contributed by atoms with van der Waals surface area (Å²) >= 11 is 0. The van der Waals surface area contributed by atoms with Crippen molar-refractivity contribution in [3.8, 4) is 5.75 Å². The minimum atomic E-state index is -0.456. The molecule has 1 aromatic heterocycles. The van der Waals surface area contributed by atoms with E-state index in [1.54, 1.807) is 24.3 Å². The van der Waals surface area contributed by atoms with Crippen LogP contribution >= 0.6 is 0 Å². The van der Waals surface area contributed by atoms with Gasteiger partial charge in [0.2, 0.25) is 0 Å². The standard InChI is InChI=1S/C22H29N3O4/c1-28-22(27)16-3-5-19(6-4-16)29-21-12-18-14-25(13-17(18)11-20(21)26)9-2-8-24-10-7-23-15-24/h3-7,10,15,17-18,20-21,26H,2,8-9,11-14H2,1H3/t17-,18+,20+,21+/m0/s1. The van der Waals surface area contributed by atoms with Gasteiger partial charge >= 0.3 is 5.97 Å². The Morgan fingerprint density at radius 1 is 1.17 bits per heavy atom. The molecule has 2 aliphatic rings. The van der Waals surface area contributed by atoms with Crippen molar-refractivity contribution >= 4 is 5.97 Å². The minimum absolute atomic E-state index is 0.203. The molecule has 2 heterocycles. The molecule has 7 heteroatoms. The Bertz CT molecular complexity index is 793. The van der Waals surface area contributed by atoms with Crippen LogP contribution in [0.2, 0.25) is 0 Å². The van der Waals surface area contributed by atoms with E-state index >= 15 is 0 Å². The van der Waals surface area contributed by atoms with Gasteiger partial charge in [0.1, 0.15) is 11.9 Å². The average molecular weight is 399 g/mol. The molecule has 1 aliphatic heterocycles. The minimum Gasteiger partial charge on any atom is -0.488 e. The van der Waals surface area contributed by atoms with Gasteiger partial charge in [-0.25, -0.2) is 9.78 Å². The van der Waals surface area contributed by atoms with Crippen molar-refractivity contribution < 1.29 is 19.4 Å². The van der Waals surface area contributed by atoms with Gasteiger partial charge in [-0.3, -0.25) is 0 Å². The Hall–Kier alpha value is -2.38. The number of carbonyl (C=O) groups excluding carboxylic acids is 1. The number of carbonyl (C=O) groups is 1. The van der Waals surface area contributed by atoms with Crippen LogP contribution in [0.4, 0.5) is 0 Å². The van der Waals surface area contributed by atoms with Gasteiger partial charge in [-0.15, -0.1) is 0 Å². The van der Waals surface area contributed by atoms with Crippen LogP contribution in [0.1, 0.15) is 29.6 Å². The van der Waals surface area contributed by atoms with Crippen LogP contribution in [0.15, 0.2) is 43.0 Å². The molecule has 29 heavy (non-hydrogen) atoms. The number of aromatic nitrogens is 2. The van der Waals surface area contributed by atoms with Crippen LogP contribution < -0.4 is 4.74 Å². The van der Waals surface area contributed by atoms with Gasteiger partial charge < -0.3 is 24.0 Å². The van der Waals surface area contributed by atoms with Crippen LogP contribution in [0.3, 0.4) is 0 Å². The summed E-state index contributed by atoms with van der Waals surface area (Å²) in [6.45, 7) is 4.19. The van der Waals surface area contributed by atoms with E-state index in [4.69, 9.17) is 9.47 Å². The van der Waals surface area contributed by atoms with E-state index in [1.807, 2.05) is 18.7 Å². The first-order chi connectivity index (χ1) is 14.1. The van der Waals surface area contributed by atoms with Crippen molar-refractivity contribution in [2.45, 2.75) is 38.0 Å². The zero-order valence-electron chi connectivity index (χ0n) is 16.8. The van der Waals surface area contributed by atoms with Crippen LogP contribution in [0.5, 0.6) is 5.75 Å². The van der Waals surface area contributed by atoms with E-state index in [9.17, 15) is 9.90 Å². The van der Waals surface area contributed by atoms with Crippen LogP contribution in [0.25, 0.3) is 0 Å². The van der Waals surface area contributed by atoms with Crippen molar-refractivity contribution in [2.75, 3.05) is 26.7 Å². The molecule has 7 nitrogen and oxygen atoms in total. The molecule has 1 aliphatic carbocycles. The highest BCUT2D eigenvalue weighted by Crippen LogP contribution is 2.38. The molecule has 2 fully saturated rings. The number of hydrogen-bond donors (Lipinski definition) is 1. The van der Waals surface area contributed by atoms with E-state index in [1.165, 1.54) is 7.11 Å². The number of aliphatic hydroxyl groups excluding tert-OH is 1. The highest BCUT2D eigenvalue weighted by Gasteiger charge is 2.42. The molecule has 156 valence electrons. The molecule has 1 N–H and O–H groups in total. The van der Waals surface area contributed by atoms with Gasteiger partial charge in [-0.05, 0) is 61.9 Å². The number of esters is 1. The summed E-state index contributed by atoms with van der Waals surface area (Å²) in [4.78, 5) is 18.2. The fraction of sp³-hybridized carbons (Fsp3) is 0.545. The third-order valence-corrected chi connectivity index (χ3v) is 6.17. The van der Waals surface area contributed by atoms with Crippen molar-refractivity contribution in [3.63, 3.8) is 0 Å². The van der Waals surface area contributed by atoms with Gasteiger partial charge in [0.25, 0.3) is 0 Å². The lowest BCUT2D eigenvalue weighted by molar-refractivity contribution is -0.0231. The SMILES string of the molecule is COC(=O)c1ccc(O[C@@H]2C[C@@H]3CN(CCCn4ccnc4)C[C@@H]3C[C@H]2O)cc1. The summed E-state index contributed by atoms with van der Waals surface area (Å²) in [7, 11) is 1.37. The maximum absolute atomic E-state index is 11.6. The van der Waals surface area contributed by atoms with Gasteiger partial charge in [0.15, 0.2) is 0 Å². The third-order valence-electron chi connectivity index (χ3n) is 6.17. The second-order valence-corrected chi connectivity index (χ2v) is 8.14. The maximum atomic E-state index is 11.6. The fourth-order valence-corrected chi connectivity index (χ4v) is 4.65. The third kappa shape index (κ3) is 4.79. The highest BCUT2D eigenvalue weighted by molar-refractivity contribution is 5.89. The van der Waals surface area contributed by atoms with Crippen molar-refractivity contribution in [1.82, 2.24) is 14.5 Å². The summed E-state index contributed by atoms with van der Waals surface area (Å²) in [6, 6.07) is 6.91. The molecular formula is C22H29N3O4. The van der Waals surface area contributed by atoms with Crippen LogP contribution in [-0.4, -0.2) is 64.5 Å². The summed E-state index contributed by atoms with van der Waals surface area (Å²) in [5.74, 6) is 1.41. The first-order valence-corrected chi connectivity index (χ1v) is 10.3. The number of aliphatic hydroxyl groups is 1. The molecule has 4 atom stereocenters. The number of rotatable bonds is 7. The monoisotopic (exact) mass is 399 g/mol. The predicted octanol–water partition coefficient (Wildman–Crippen LogP) is 2.21. The second kappa shape index (κ2) is 8.97. The van der Waals surface area contributed by atoms with Crippen molar-refractivity contribution in [1.29, 1.82) is 0 Å². The lowest BCUT2D eigenvalue weighted by atomic mass is 9.78. The number of aryl methyl sites for hydroxylation is 1. The first-order valence-electron chi connectivity index (χ1n) is 10.3. The van der Waals surface area contributed by atoms with E-state index in [-0.39, 0.29) is 12.1 Å². The summed E-state index contributed by atoms with van der Waals surface area (Å²) in [5.41, 5.74) is 0.492. The average Bonchev–Trinajstić information content (AvgIpc) is 3.38. The topological polar surface area (TPSA) is 76.8 Å². The Kier molecular flexibility index (Phi) is 6.16. The Balaban J connectivity index is 1.28. The van der Waals surface area contributed by atoms with Gasteiger partial charge in [0, 0.05) is 32.0 Å². The molecule has 1 saturated heterocycles. The summed E-state index contributed by atoms with van der Waals surface area (Å²) in [5, 5.41) is 10.6. The quantitative estimate of drug-likeness (QED) is 0.720. The number of fused-ring (bicyclic) bond motifs is 1. The summed E-state index contributed by atoms with van der Waals surface area (Å²) in [6.07, 6.45) is 7.77. The molecule has 0 spiro atoms. The number of hydrogen-bond acceptors (Lipinski definition) is 6. The Labute approximate surface area is 171 Å². The smallest absolute Gasteiger partial charge is 0.337 e. The molecule has 0 radical (unpaired) electrons. The van der Waals surface area contributed by atoms with Gasteiger partial charge in [-0.1, -0.05) is 0 Å². The number of likely N-dealkylation sites (tertiary alicyclic amines) is 1. The van der Waals surface area contributed by atoms with E-state index in [0.717, 1.165) is 45.4 Å². The zero-order valence-corrected chi connectivity index (χ0v) is 16.8. The van der Waals surface area contributed by atoms with E-state index in [2.05, 4.69) is 14.5 Å². The number of imidazole rings is 1. The summed E-state index contributed by atoms with van der Waals surface area (Å²) < 4.78 is 12.9. The lowest BCUT2D eigenvalue weighted by Crippen LogP contribution is -2.42. The molecule has 2 aromatic rings.